The minimum absolute atomic E-state index is 0. The minimum Gasteiger partial charge on any atom is -0.343 e. The van der Waals surface area contributed by atoms with Crippen molar-refractivity contribution >= 4 is 24.1 Å². The number of nitrogens with zero attached hydrogens (tertiary/aromatic N) is 1. The van der Waals surface area contributed by atoms with Gasteiger partial charge in [0.15, 0.2) is 5.78 Å². The molecule has 138 valence electrons. The highest BCUT2D eigenvalue weighted by atomic mass is 35.5. The largest absolute Gasteiger partial charge is 0.343 e. The van der Waals surface area contributed by atoms with Crippen molar-refractivity contribution in [3.05, 3.63) is 34.9 Å². The molecule has 2 saturated heterocycles. The highest BCUT2D eigenvalue weighted by Gasteiger charge is 2.37. The molecule has 2 fully saturated rings. The van der Waals surface area contributed by atoms with Gasteiger partial charge < -0.3 is 10.2 Å². The summed E-state index contributed by atoms with van der Waals surface area (Å²) in [6.07, 6.45) is 4.06. The van der Waals surface area contributed by atoms with Gasteiger partial charge in [0, 0.05) is 38.0 Å². The van der Waals surface area contributed by atoms with E-state index in [0.29, 0.717) is 18.3 Å². The summed E-state index contributed by atoms with van der Waals surface area (Å²) in [5.74, 6) is 0.202. The lowest BCUT2D eigenvalue weighted by Crippen LogP contribution is -2.44. The zero-order valence-electron chi connectivity index (χ0n) is 15.3. The van der Waals surface area contributed by atoms with E-state index in [-0.39, 0.29) is 24.1 Å². The van der Waals surface area contributed by atoms with Crippen molar-refractivity contribution < 1.29 is 9.59 Å². The van der Waals surface area contributed by atoms with Gasteiger partial charge in [-0.05, 0) is 62.3 Å². The summed E-state index contributed by atoms with van der Waals surface area (Å²) in [5, 5.41) is 3.45. The number of benzene rings is 1. The van der Waals surface area contributed by atoms with Crippen LogP contribution in [-0.2, 0) is 4.79 Å². The Hall–Kier alpha value is -1.39. The van der Waals surface area contributed by atoms with E-state index in [1.807, 2.05) is 36.9 Å². The molecule has 1 aromatic carbocycles. The fourth-order valence-corrected chi connectivity index (χ4v) is 3.89. The van der Waals surface area contributed by atoms with E-state index >= 15 is 0 Å². The highest BCUT2D eigenvalue weighted by Crippen LogP contribution is 2.37. The fourth-order valence-electron chi connectivity index (χ4n) is 3.89. The van der Waals surface area contributed by atoms with E-state index in [2.05, 4.69) is 5.32 Å². The molecule has 3 rings (SSSR count). The van der Waals surface area contributed by atoms with Gasteiger partial charge in [0.1, 0.15) is 0 Å². The van der Waals surface area contributed by atoms with Crippen LogP contribution in [0.15, 0.2) is 18.2 Å². The summed E-state index contributed by atoms with van der Waals surface area (Å²) in [5.41, 5.74) is 3.46. The molecule has 1 spiro atoms. The van der Waals surface area contributed by atoms with Crippen LogP contribution in [0.2, 0.25) is 0 Å². The lowest BCUT2D eigenvalue weighted by Gasteiger charge is -2.39. The number of hydrogen-bond donors (Lipinski definition) is 1. The Morgan fingerprint density at radius 2 is 1.80 bits per heavy atom. The van der Waals surface area contributed by atoms with Crippen LogP contribution in [0.4, 0.5) is 0 Å². The predicted octanol–water partition coefficient (Wildman–Crippen LogP) is 3.29. The third-order valence-electron chi connectivity index (χ3n) is 5.90. The number of amides is 1. The Morgan fingerprint density at radius 3 is 2.40 bits per heavy atom. The van der Waals surface area contributed by atoms with Crippen molar-refractivity contribution in [2.75, 3.05) is 26.2 Å². The van der Waals surface area contributed by atoms with Gasteiger partial charge in [-0.1, -0.05) is 12.1 Å². The van der Waals surface area contributed by atoms with E-state index < -0.39 is 0 Å². The van der Waals surface area contributed by atoms with Crippen LogP contribution >= 0.6 is 12.4 Å². The first kappa shape index (κ1) is 19.9. The molecule has 2 aliphatic rings. The molecule has 0 aromatic heterocycles. The van der Waals surface area contributed by atoms with Gasteiger partial charge >= 0.3 is 0 Å². The Bertz CT molecular complexity index is 629. The molecule has 0 unspecified atom stereocenters. The van der Waals surface area contributed by atoms with Gasteiger partial charge in [-0.15, -0.1) is 12.4 Å². The molecule has 0 atom stereocenters. The number of hydrogen-bond acceptors (Lipinski definition) is 3. The quantitative estimate of drug-likeness (QED) is 0.834. The van der Waals surface area contributed by atoms with Crippen molar-refractivity contribution in [1.82, 2.24) is 10.2 Å². The highest BCUT2D eigenvalue weighted by molar-refractivity contribution is 5.98. The van der Waals surface area contributed by atoms with Crippen molar-refractivity contribution in [3.8, 4) is 0 Å². The van der Waals surface area contributed by atoms with Crippen LogP contribution < -0.4 is 5.32 Å². The summed E-state index contributed by atoms with van der Waals surface area (Å²) in [6.45, 7) is 7.95. The monoisotopic (exact) mass is 364 g/mol. The van der Waals surface area contributed by atoms with E-state index in [9.17, 15) is 9.59 Å². The number of carbonyl (C=O) groups is 2. The number of halogens is 1. The van der Waals surface area contributed by atoms with Crippen molar-refractivity contribution in [2.24, 2.45) is 5.41 Å². The summed E-state index contributed by atoms with van der Waals surface area (Å²) in [4.78, 5) is 26.7. The van der Waals surface area contributed by atoms with Gasteiger partial charge in [-0.25, -0.2) is 0 Å². The van der Waals surface area contributed by atoms with Crippen LogP contribution in [0.25, 0.3) is 0 Å². The molecule has 0 saturated carbocycles. The van der Waals surface area contributed by atoms with Gasteiger partial charge in [0.05, 0.1) is 0 Å². The van der Waals surface area contributed by atoms with Crippen LogP contribution in [0.5, 0.6) is 0 Å². The van der Waals surface area contributed by atoms with E-state index in [4.69, 9.17) is 0 Å². The standard InChI is InChI=1S/C20H28N2O2.ClH/c1-15-3-4-17(13-16(15)2)18(23)5-6-19(24)22-11-8-20(9-12-22)7-10-21-14-20;/h3-4,13,21H,5-12,14H2,1-2H3;1H. The number of likely N-dealkylation sites (tertiary alicyclic amines) is 1. The first-order valence-corrected chi connectivity index (χ1v) is 9.08. The molecular weight excluding hydrogens is 336 g/mol. The van der Waals surface area contributed by atoms with Gasteiger partial charge in [-0.2, -0.15) is 0 Å². The summed E-state index contributed by atoms with van der Waals surface area (Å²) in [6, 6.07) is 5.77. The maximum Gasteiger partial charge on any atom is 0.223 e. The Kier molecular flexibility index (Phi) is 6.64. The Morgan fingerprint density at radius 1 is 1.08 bits per heavy atom. The number of Topliss-reactive ketones (excluding diaryl/α,β-unsaturated/α-hetero) is 1. The number of rotatable bonds is 4. The molecular formula is C20H29ClN2O2. The van der Waals surface area contributed by atoms with Crippen molar-refractivity contribution in [1.29, 1.82) is 0 Å². The zero-order valence-corrected chi connectivity index (χ0v) is 16.1. The van der Waals surface area contributed by atoms with Gasteiger partial charge in [0.2, 0.25) is 5.91 Å². The third-order valence-corrected chi connectivity index (χ3v) is 5.90. The predicted molar refractivity (Wildman–Crippen MR) is 102 cm³/mol. The van der Waals surface area contributed by atoms with Crippen molar-refractivity contribution in [3.63, 3.8) is 0 Å². The van der Waals surface area contributed by atoms with Crippen LogP contribution in [0.3, 0.4) is 0 Å². The fraction of sp³-hybridized carbons (Fsp3) is 0.600. The van der Waals surface area contributed by atoms with Gasteiger partial charge in [-0.3, -0.25) is 9.59 Å². The molecule has 2 aliphatic heterocycles. The second-order valence-electron chi connectivity index (χ2n) is 7.53. The first-order chi connectivity index (χ1) is 11.5. The first-order valence-electron chi connectivity index (χ1n) is 9.08. The maximum absolute atomic E-state index is 12.4. The molecule has 0 aliphatic carbocycles. The number of piperidine rings is 1. The molecule has 0 radical (unpaired) electrons. The molecule has 1 N–H and O–H groups in total. The summed E-state index contributed by atoms with van der Waals surface area (Å²) >= 11 is 0. The lowest BCUT2D eigenvalue weighted by molar-refractivity contribution is -0.133. The molecule has 25 heavy (non-hydrogen) atoms. The molecule has 5 heteroatoms. The number of carbonyl (C=O) groups excluding carboxylic acids is 2. The average Bonchev–Trinajstić information content (AvgIpc) is 3.03. The van der Waals surface area contributed by atoms with E-state index in [1.165, 1.54) is 12.0 Å². The van der Waals surface area contributed by atoms with Crippen LogP contribution in [-0.4, -0.2) is 42.8 Å². The molecule has 0 bridgehead atoms. The number of ketones is 1. The second kappa shape index (κ2) is 8.33. The number of nitrogens with one attached hydrogen (secondary N) is 1. The molecule has 1 aromatic rings. The molecule has 4 nitrogen and oxygen atoms in total. The van der Waals surface area contributed by atoms with E-state index in [0.717, 1.165) is 50.1 Å². The van der Waals surface area contributed by atoms with Gasteiger partial charge in [0.25, 0.3) is 0 Å². The smallest absolute Gasteiger partial charge is 0.223 e. The minimum atomic E-state index is 0. The zero-order chi connectivity index (χ0) is 17.2. The summed E-state index contributed by atoms with van der Waals surface area (Å²) < 4.78 is 0. The Balaban J connectivity index is 0.00000225. The molecule has 2 heterocycles. The normalized spacial score (nSPS) is 18.9. The molecule has 1 amide bonds. The second-order valence-corrected chi connectivity index (χ2v) is 7.53. The van der Waals surface area contributed by atoms with Crippen LogP contribution in [0, 0.1) is 19.3 Å². The Labute approximate surface area is 156 Å². The van der Waals surface area contributed by atoms with Crippen molar-refractivity contribution in [2.45, 2.75) is 46.0 Å². The average molecular weight is 365 g/mol. The SMILES string of the molecule is Cc1ccc(C(=O)CCC(=O)N2CCC3(CCNC3)CC2)cc1C.Cl. The van der Waals surface area contributed by atoms with E-state index in [1.54, 1.807) is 0 Å². The lowest BCUT2D eigenvalue weighted by atomic mass is 9.78. The van der Waals surface area contributed by atoms with Crippen LogP contribution in [0.1, 0.15) is 53.6 Å². The maximum atomic E-state index is 12.4. The third kappa shape index (κ3) is 4.62. The topological polar surface area (TPSA) is 49.4 Å². The number of aryl methyl sites for hydroxylation is 2. The summed E-state index contributed by atoms with van der Waals surface area (Å²) in [7, 11) is 0.